The first kappa shape index (κ1) is 9.68. The average Bonchev–Trinajstić information content (AvgIpc) is 2.92. The van der Waals surface area contributed by atoms with Crippen molar-refractivity contribution in [1.82, 2.24) is 15.0 Å². The van der Waals surface area contributed by atoms with Gasteiger partial charge in [-0.2, -0.15) is 0 Å². The zero-order valence-electron chi connectivity index (χ0n) is 8.61. The van der Waals surface area contributed by atoms with E-state index in [1.807, 2.05) is 24.0 Å². The summed E-state index contributed by atoms with van der Waals surface area (Å²) in [5, 5.41) is 0. The molecule has 3 N–H and O–H groups in total. The van der Waals surface area contributed by atoms with Crippen molar-refractivity contribution in [1.29, 1.82) is 0 Å². The Morgan fingerprint density at radius 3 is 3.00 bits per heavy atom. The third kappa shape index (κ3) is 2.13. The van der Waals surface area contributed by atoms with Crippen molar-refractivity contribution in [2.45, 2.75) is 31.7 Å². The van der Waals surface area contributed by atoms with Crippen LogP contribution in [0.3, 0.4) is 0 Å². The zero-order valence-corrected chi connectivity index (χ0v) is 8.61. The molecule has 1 aliphatic rings. The van der Waals surface area contributed by atoms with Gasteiger partial charge >= 0.3 is 0 Å². The quantitative estimate of drug-likeness (QED) is 0.545. The van der Waals surface area contributed by atoms with Crippen LogP contribution in [0.15, 0.2) is 12.4 Å². The van der Waals surface area contributed by atoms with Gasteiger partial charge in [-0.15, -0.1) is 0 Å². The monoisotopic (exact) mass is 194 g/mol. The zero-order chi connectivity index (χ0) is 9.97. The van der Waals surface area contributed by atoms with Crippen LogP contribution >= 0.6 is 0 Å². The fourth-order valence-corrected chi connectivity index (χ4v) is 1.81. The molecule has 4 nitrogen and oxygen atoms in total. The van der Waals surface area contributed by atoms with Gasteiger partial charge in [-0.3, -0.25) is 5.84 Å². The SMILES string of the molecule is Cn1ccnc1C(CCC1CC1)NN. The van der Waals surface area contributed by atoms with Crippen molar-refractivity contribution in [2.24, 2.45) is 18.8 Å². The van der Waals surface area contributed by atoms with Crippen LogP contribution in [0.25, 0.3) is 0 Å². The number of hydrazine groups is 1. The van der Waals surface area contributed by atoms with E-state index in [1.165, 1.54) is 19.3 Å². The van der Waals surface area contributed by atoms with Crippen LogP contribution in [-0.4, -0.2) is 9.55 Å². The lowest BCUT2D eigenvalue weighted by Gasteiger charge is -2.15. The minimum absolute atomic E-state index is 0.204. The smallest absolute Gasteiger partial charge is 0.126 e. The molecule has 1 aliphatic carbocycles. The number of hydrogen-bond donors (Lipinski definition) is 2. The van der Waals surface area contributed by atoms with Gasteiger partial charge in [-0.1, -0.05) is 12.8 Å². The molecule has 4 heteroatoms. The standard InChI is InChI=1S/C10H18N4/c1-14-7-6-12-10(14)9(13-11)5-4-8-2-3-8/h6-9,13H,2-5,11H2,1H3. The topological polar surface area (TPSA) is 55.9 Å². The highest BCUT2D eigenvalue weighted by Gasteiger charge is 2.23. The van der Waals surface area contributed by atoms with E-state index in [4.69, 9.17) is 5.84 Å². The molecule has 1 heterocycles. The summed E-state index contributed by atoms with van der Waals surface area (Å²) >= 11 is 0. The molecule has 0 bridgehead atoms. The van der Waals surface area contributed by atoms with Gasteiger partial charge < -0.3 is 4.57 Å². The number of nitrogens with zero attached hydrogens (tertiary/aromatic N) is 2. The molecule has 0 amide bonds. The summed E-state index contributed by atoms with van der Waals surface area (Å²) in [6.07, 6.45) is 8.93. The van der Waals surface area contributed by atoms with Gasteiger partial charge in [0.15, 0.2) is 0 Å². The van der Waals surface area contributed by atoms with E-state index >= 15 is 0 Å². The Labute approximate surface area is 84.5 Å². The Balaban J connectivity index is 1.93. The fraction of sp³-hybridized carbons (Fsp3) is 0.700. The molecule has 0 spiro atoms. The van der Waals surface area contributed by atoms with Crippen LogP contribution in [-0.2, 0) is 7.05 Å². The maximum atomic E-state index is 5.54. The van der Waals surface area contributed by atoms with Gasteiger partial charge in [0.05, 0.1) is 6.04 Å². The van der Waals surface area contributed by atoms with Gasteiger partial charge in [0.2, 0.25) is 0 Å². The first-order chi connectivity index (χ1) is 6.81. The lowest BCUT2D eigenvalue weighted by molar-refractivity contribution is 0.451. The third-order valence-corrected chi connectivity index (χ3v) is 2.93. The molecule has 0 saturated heterocycles. The molecular formula is C10H18N4. The Morgan fingerprint density at radius 2 is 2.50 bits per heavy atom. The number of nitrogens with one attached hydrogen (secondary N) is 1. The molecular weight excluding hydrogens is 176 g/mol. The lowest BCUT2D eigenvalue weighted by Crippen LogP contribution is -2.30. The van der Waals surface area contributed by atoms with E-state index in [0.29, 0.717) is 0 Å². The average molecular weight is 194 g/mol. The minimum atomic E-state index is 0.204. The van der Waals surface area contributed by atoms with Crippen LogP contribution in [0.2, 0.25) is 0 Å². The predicted molar refractivity (Wildman–Crippen MR) is 55.2 cm³/mol. The summed E-state index contributed by atoms with van der Waals surface area (Å²) in [5.41, 5.74) is 2.85. The fourth-order valence-electron chi connectivity index (χ4n) is 1.81. The number of hydrogen-bond acceptors (Lipinski definition) is 3. The molecule has 1 aromatic rings. The highest BCUT2D eigenvalue weighted by atomic mass is 15.3. The molecule has 0 radical (unpaired) electrons. The summed E-state index contributed by atoms with van der Waals surface area (Å²) in [4.78, 5) is 4.31. The Morgan fingerprint density at radius 1 is 1.71 bits per heavy atom. The molecule has 1 unspecified atom stereocenters. The van der Waals surface area contributed by atoms with E-state index in [0.717, 1.165) is 18.2 Å². The van der Waals surface area contributed by atoms with Gasteiger partial charge in [-0.05, 0) is 18.8 Å². The number of aryl methyl sites for hydroxylation is 1. The summed E-state index contributed by atoms with van der Waals surface area (Å²) in [5.74, 6) is 7.52. The van der Waals surface area contributed by atoms with Crippen molar-refractivity contribution >= 4 is 0 Å². The lowest BCUT2D eigenvalue weighted by atomic mass is 10.1. The summed E-state index contributed by atoms with van der Waals surface area (Å²) < 4.78 is 2.03. The van der Waals surface area contributed by atoms with Gasteiger partial charge in [0.25, 0.3) is 0 Å². The Kier molecular flexibility index (Phi) is 2.84. The largest absolute Gasteiger partial charge is 0.337 e. The maximum Gasteiger partial charge on any atom is 0.126 e. The normalized spacial score (nSPS) is 18.4. The predicted octanol–water partition coefficient (Wildman–Crippen LogP) is 1.11. The first-order valence-electron chi connectivity index (χ1n) is 5.24. The van der Waals surface area contributed by atoms with Crippen LogP contribution < -0.4 is 11.3 Å². The maximum absolute atomic E-state index is 5.54. The van der Waals surface area contributed by atoms with Gasteiger partial charge in [-0.25, -0.2) is 10.4 Å². The molecule has 0 aromatic carbocycles. The van der Waals surface area contributed by atoms with Crippen molar-refractivity contribution in [3.05, 3.63) is 18.2 Å². The van der Waals surface area contributed by atoms with Crippen LogP contribution in [0.1, 0.15) is 37.5 Å². The molecule has 78 valence electrons. The van der Waals surface area contributed by atoms with E-state index in [2.05, 4.69) is 10.4 Å². The highest BCUT2D eigenvalue weighted by Crippen LogP contribution is 2.35. The summed E-state index contributed by atoms with van der Waals surface area (Å²) in [7, 11) is 2.00. The van der Waals surface area contributed by atoms with Gasteiger partial charge in [0.1, 0.15) is 5.82 Å². The van der Waals surface area contributed by atoms with Crippen molar-refractivity contribution in [2.75, 3.05) is 0 Å². The molecule has 1 atom stereocenters. The second-order valence-electron chi connectivity index (χ2n) is 4.14. The summed E-state index contributed by atoms with van der Waals surface area (Å²) in [6.45, 7) is 0. The Bertz CT molecular complexity index is 290. The minimum Gasteiger partial charge on any atom is -0.337 e. The summed E-state index contributed by atoms with van der Waals surface area (Å²) in [6, 6.07) is 0.204. The van der Waals surface area contributed by atoms with Crippen molar-refractivity contribution in [3.8, 4) is 0 Å². The van der Waals surface area contributed by atoms with Crippen LogP contribution in [0, 0.1) is 5.92 Å². The van der Waals surface area contributed by atoms with E-state index in [1.54, 1.807) is 0 Å². The first-order valence-corrected chi connectivity index (χ1v) is 5.24. The molecule has 2 rings (SSSR count). The Hall–Kier alpha value is -0.870. The molecule has 1 fully saturated rings. The van der Waals surface area contributed by atoms with Crippen LogP contribution in [0.4, 0.5) is 0 Å². The van der Waals surface area contributed by atoms with Crippen molar-refractivity contribution in [3.63, 3.8) is 0 Å². The second-order valence-corrected chi connectivity index (χ2v) is 4.14. The number of nitrogens with two attached hydrogens (primary N) is 1. The number of rotatable bonds is 5. The van der Waals surface area contributed by atoms with E-state index in [9.17, 15) is 0 Å². The molecule has 0 aliphatic heterocycles. The third-order valence-electron chi connectivity index (χ3n) is 2.93. The number of aromatic nitrogens is 2. The van der Waals surface area contributed by atoms with Crippen LogP contribution in [0.5, 0.6) is 0 Å². The van der Waals surface area contributed by atoms with E-state index < -0.39 is 0 Å². The second kappa shape index (κ2) is 4.11. The number of imidazole rings is 1. The van der Waals surface area contributed by atoms with E-state index in [-0.39, 0.29) is 6.04 Å². The molecule has 14 heavy (non-hydrogen) atoms. The van der Waals surface area contributed by atoms with Gasteiger partial charge in [0, 0.05) is 19.4 Å². The highest BCUT2D eigenvalue weighted by molar-refractivity contribution is 4.98. The van der Waals surface area contributed by atoms with Crippen molar-refractivity contribution < 1.29 is 0 Å². The molecule has 1 saturated carbocycles. The molecule has 1 aromatic heterocycles.